The molecular formula is C27H30N2O2. The van der Waals surface area contributed by atoms with Gasteiger partial charge >= 0.3 is 0 Å². The van der Waals surface area contributed by atoms with Gasteiger partial charge < -0.3 is 14.0 Å². The maximum absolute atomic E-state index is 5.51. The number of benzene rings is 3. The number of methoxy groups -OCH3 is 2. The Morgan fingerprint density at radius 2 is 1.48 bits per heavy atom. The molecule has 0 aliphatic carbocycles. The molecule has 0 aliphatic rings. The van der Waals surface area contributed by atoms with Crippen LogP contribution in [0.15, 0.2) is 48.5 Å². The van der Waals surface area contributed by atoms with Crippen molar-refractivity contribution in [1.29, 1.82) is 0 Å². The van der Waals surface area contributed by atoms with E-state index in [-0.39, 0.29) is 0 Å². The highest BCUT2D eigenvalue weighted by atomic mass is 16.5. The number of para-hydroxylation sites is 2. The molecule has 0 aliphatic heterocycles. The summed E-state index contributed by atoms with van der Waals surface area (Å²) in [4.78, 5) is 5.00. The molecule has 4 aromatic rings. The molecule has 0 saturated carbocycles. The van der Waals surface area contributed by atoms with E-state index in [9.17, 15) is 0 Å². The van der Waals surface area contributed by atoms with Crippen molar-refractivity contribution in [2.75, 3.05) is 14.2 Å². The van der Waals surface area contributed by atoms with E-state index in [1.807, 2.05) is 18.2 Å². The summed E-state index contributed by atoms with van der Waals surface area (Å²) >= 11 is 0. The quantitative estimate of drug-likeness (QED) is 0.392. The van der Waals surface area contributed by atoms with Crippen molar-refractivity contribution in [3.63, 3.8) is 0 Å². The maximum atomic E-state index is 5.51. The molecule has 1 heterocycles. The van der Waals surface area contributed by atoms with Gasteiger partial charge in [0.1, 0.15) is 5.82 Å². The predicted octanol–water partition coefficient (Wildman–Crippen LogP) is 5.93. The highest BCUT2D eigenvalue weighted by molar-refractivity contribution is 5.76. The second-order valence-corrected chi connectivity index (χ2v) is 8.21. The first-order valence-electron chi connectivity index (χ1n) is 10.6. The molecule has 0 atom stereocenters. The third-order valence-electron chi connectivity index (χ3n) is 6.38. The first-order valence-corrected chi connectivity index (χ1v) is 10.6. The number of ether oxygens (including phenoxy) is 2. The molecule has 0 radical (unpaired) electrons. The summed E-state index contributed by atoms with van der Waals surface area (Å²) in [5.74, 6) is 2.52. The zero-order valence-corrected chi connectivity index (χ0v) is 19.2. The van der Waals surface area contributed by atoms with Gasteiger partial charge in [-0.2, -0.15) is 0 Å². The molecule has 4 heteroatoms. The summed E-state index contributed by atoms with van der Waals surface area (Å²) in [6.07, 6.45) is 0.720. The lowest BCUT2D eigenvalue weighted by molar-refractivity contribution is 0.354. The van der Waals surface area contributed by atoms with Gasteiger partial charge in [0.15, 0.2) is 11.5 Å². The molecule has 4 rings (SSSR count). The van der Waals surface area contributed by atoms with Gasteiger partial charge in [0.2, 0.25) is 0 Å². The van der Waals surface area contributed by atoms with Crippen molar-refractivity contribution in [3.05, 3.63) is 87.7 Å². The Morgan fingerprint density at radius 3 is 2.16 bits per heavy atom. The molecule has 4 nitrogen and oxygen atoms in total. The minimum absolute atomic E-state index is 0.720. The van der Waals surface area contributed by atoms with Gasteiger partial charge in [-0.3, -0.25) is 0 Å². The molecule has 0 unspecified atom stereocenters. The third kappa shape index (κ3) is 3.90. The molecule has 0 spiro atoms. The number of rotatable bonds is 6. The lowest BCUT2D eigenvalue weighted by atomic mass is 9.94. The van der Waals surface area contributed by atoms with E-state index >= 15 is 0 Å². The van der Waals surface area contributed by atoms with Gasteiger partial charge in [0.25, 0.3) is 0 Å². The SMILES string of the molecule is COc1ccc(Cc2nc3ccccc3n2Cc2c(C)c(C)cc(C)c2C)cc1OC. The number of aryl methyl sites for hydroxylation is 2. The maximum Gasteiger partial charge on any atom is 0.161 e. The Hall–Kier alpha value is -3.27. The summed E-state index contributed by atoms with van der Waals surface area (Å²) in [5.41, 5.74) is 10.1. The molecule has 160 valence electrons. The topological polar surface area (TPSA) is 36.3 Å². The van der Waals surface area contributed by atoms with Crippen LogP contribution < -0.4 is 9.47 Å². The van der Waals surface area contributed by atoms with Crippen LogP contribution >= 0.6 is 0 Å². The van der Waals surface area contributed by atoms with Crippen molar-refractivity contribution in [2.45, 2.75) is 40.7 Å². The van der Waals surface area contributed by atoms with E-state index < -0.39 is 0 Å². The Labute approximate surface area is 184 Å². The molecule has 0 bridgehead atoms. The Kier molecular flexibility index (Phi) is 5.73. The fourth-order valence-corrected chi connectivity index (χ4v) is 4.30. The molecule has 0 fully saturated rings. The summed E-state index contributed by atoms with van der Waals surface area (Å²) in [6, 6.07) is 16.7. The number of fused-ring (bicyclic) bond motifs is 1. The van der Waals surface area contributed by atoms with E-state index in [1.165, 1.54) is 27.8 Å². The highest BCUT2D eigenvalue weighted by Crippen LogP contribution is 2.30. The summed E-state index contributed by atoms with van der Waals surface area (Å²) in [5, 5.41) is 0. The standard InChI is InChI=1S/C27H30N2O2/c1-17-13-18(2)20(4)22(19(17)3)16-29-24-10-8-7-9-23(24)28-27(29)15-21-11-12-25(30-5)26(14-21)31-6/h7-14H,15-16H2,1-6H3. The van der Waals surface area contributed by atoms with Crippen LogP contribution in [0.5, 0.6) is 11.5 Å². The summed E-state index contributed by atoms with van der Waals surface area (Å²) in [7, 11) is 3.33. The first-order chi connectivity index (χ1) is 14.9. The van der Waals surface area contributed by atoms with Gasteiger partial charge in [0, 0.05) is 13.0 Å². The van der Waals surface area contributed by atoms with E-state index in [1.54, 1.807) is 14.2 Å². The second-order valence-electron chi connectivity index (χ2n) is 8.21. The average molecular weight is 415 g/mol. The van der Waals surface area contributed by atoms with E-state index in [2.05, 4.69) is 62.6 Å². The van der Waals surface area contributed by atoms with Crippen molar-refractivity contribution < 1.29 is 9.47 Å². The largest absolute Gasteiger partial charge is 0.493 e. The van der Waals surface area contributed by atoms with Crippen LogP contribution in [0.25, 0.3) is 11.0 Å². The molecule has 0 amide bonds. The minimum Gasteiger partial charge on any atom is -0.493 e. The van der Waals surface area contributed by atoms with Crippen LogP contribution in [0.3, 0.4) is 0 Å². The first kappa shape index (κ1) is 21.0. The minimum atomic E-state index is 0.720. The molecular weight excluding hydrogens is 384 g/mol. The molecule has 0 saturated heterocycles. The van der Waals surface area contributed by atoms with Crippen molar-refractivity contribution in [1.82, 2.24) is 9.55 Å². The van der Waals surface area contributed by atoms with Crippen LogP contribution in [0, 0.1) is 27.7 Å². The Balaban J connectivity index is 1.81. The summed E-state index contributed by atoms with van der Waals surface area (Å²) in [6.45, 7) is 9.65. The van der Waals surface area contributed by atoms with E-state index in [4.69, 9.17) is 14.5 Å². The lowest BCUT2D eigenvalue weighted by Crippen LogP contribution is -2.10. The number of imidazole rings is 1. The predicted molar refractivity (Wildman–Crippen MR) is 127 cm³/mol. The number of hydrogen-bond donors (Lipinski definition) is 0. The molecule has 0 N–H and O–H groups in total. The van der Waals surface area contributed by atoms with Crippen LogP contribution in [0.4, 0.5) is 0 Å². The van der Waals surface area contributed by atoms with Crippen LogP contribution in [-0.4, -0.2) is 23.8 Å². The smallest absolute Gasteiger partial charge is 0.161 e. The fraction of sp³-hybridized carbons (Fsp3) is 0.296. The van der Waals surface area contributed by atoms with Gasteiger partial charge in [-0.1, -0.05) is 24.3 Å². The fourth-order valence-electron chi connectivity index (χ4n) is 4.30. The lowest BCUT2D eigenvalue weighted by Gasteiger charge is -2.18. The number of nitrogens with zero attached hydrogens (tertiary/aromatic N) is 2. The van der Waals surface area contributed by atoms with Gasteiger partial charge in [-0.25, -0.2) is 4.98 Å². The molecule has 31 heavy (non-hydrogen) atoms. The molecule has 3 aromatic carbocycles. The normalized spacial score (nSPS) is 11.2. The number of aromatic nitrogens is 2. The van der Waals surface area contributed by atoms with Crippen molar-refractivity contribution >= 4 is 11.0 Å². The Bertz CT molecular complexity index is 1230. The van der Waals surface area contributed by atoms with E-state index in [0.717, 1.165) is 46.9 Å². The second kappa shape index (κ2) is 8.46. The van der Waals surface area contributed by atoms with Gasteiger partial charge in [-0.15, -0.1) is 0 Å². The monoisotopic (exact) mass is 414 g/mol. The zero-order chi connectivity index (χ0) is 22.1. The van der Waals surface area contributed by atoms with Gasteiger partial charge in [0.05, 0.1) is 25.3 Å². The van der Waals surface area contributed by atoms with Crippen molar-refractivity contribution in [3.8, 4) is 11.5 Å². The van der Waals surface area contributed by atoms with Crippen LogP contribution in [0.2, 0.25) is 0 Å². The van der Waals surface area contributed by atoms with Crippen molar-refractivity contribution in [2.24, 2.45) is 0 Å². The average Bonchev–Trinajstić information content (AvgIpc) is 3.12. The third-order valence-corrected chi connectivity index (χ3v) is 6.38. The highest BCUT2D eigenvalue weighted by Gasteiger charge is 2.16. The zero-order valence-electron chi connectivity index (χ0n) is 19.2. The molecule has 1 aromatic heterocycles. The Morgan fingerprint density at radius 1 is 0.806 bits per heavy atom. The summed E-state index contributed by atoms with van der Waals surface area (Å²) < 4.78 is 13.3. The number of hydrogen-bond acceptors (Lipinski definition) is 3. The van der Waals surface area contributed by atoms with E-state index in [0.29, 0.717) is 0 Å². The van der Waals surface area contributed by atoms with Crippen LogP contribution in [0.1, 0.15) is 39.2 Å². The van der Waals surface area contributed by atoms with Gasteiger partial charge in [-0.05, 0) is 85.3 Å². The van der Waals surface area contributed by atoms with Crippen LogP contribution in [-0.2, 0) is 13.0 Å².